The smallest absolute Gasteiger partial charge is 0.303 e. The fraction of sp³-hybridized carbons (Fsp3) is 0.867. The number of carbonyl (C=O) groups excluding carboxylic acids is 1. The van der Waals surface area contributed by atoms with Crippen LogP contribution in [0.5, 0.6) is 0 Å². The Balaban J connectivity index is 1.96. The van der Waals surface area contributed by atoms with Crippen LogP contribution in [-0.2, 0) is 9.59 Å². The van der Waals surface area contributed by atoms with Gasteiger partial charge in [-0.3, -0.25) is 9.59 Å². The van der Waals surface area contributed by atoms with Crippen LogP contribution in [0.25, 0.3) is 0 Å². The number of carboxylic acids is 1. The summed E-state index contributed by atoms with van der Waals surface area (Å²) < 4.78 is 0. The van der Waals surface area contributed by atoms with Crippen LogP contribution in [0.4, 0.5) is 0 Å². The second kappa shape index (κ2) is 6.12. The topological polar surface area (TPSA) is 83.6 Å². The van der Waals surface area contributed by atoms with Crippen molar-refractivity contribution in [1.82, 2.24) is 4.90 Å². The number of hydrogen-bond donors (Lipinski definition) is 2. The molecule has 2 aliphatic rings. The molecule has 2 rings (SSSR count). The fourth-order valence-electron chi connectivity index (χ4n) is 3.64. The first kappa shape index (κ1) is 15.3. The van der Waals surface area contributed by atoms with Gasteiger partial charge in [0.05, 0.1) is 5.54 Å². The highest BCUT2D eigenvalue weighted by Gasteiger charge is 2.41. The van der Waals surface area contributed by atoms with Gasteiger partial charge < -0.3 is 15.7 Å². The van der Waals surface area contributed by atoms with Crippen LogP contribution in [0, 0.1) is 11.8 Å². The molecule has 1 heterocycles. The molecule has 1 saturated heterocycles. The van der Waals surface area contributed by atoms with E-state index in [-0.39, 0.29) is 24.2 Å². The van der Waals surface area contributed by atoms with Crippen LogP contribution in [-0.4, -0.2) is 40.5 Å². The van der Waals surface area contributed by atoms with Crippen LogP contribution < -0.4 is 5.73 Å². The van der Waals surface area contributed by atoms with E-state index in [0.717, 1.165) is 45.1 Å². The Labute approximate surface area is 120 Å². The molecule has 1 amide bonds. The first-order valence-electron chi connectivity index (χ1n) is 7.72. The average molecular weight is 282 g/mol. The normalized spacial score (nSPS) is 27.3. The van der Waals surface area contributed by atoms with E-state index in [1.54, 1.807) is 0 Å². The first-order chi connectivity index (χ1) is 9.42. The maximum Gasteiger partial charge on any atom is 0.303 e. The first-order valence-corrected chi connectivity index (χ1v) is 7.72. The van der Waals surface area contributed by atoms with Crippen molar-refractivity contribution in [3.8, 4) is 0 Å². The molecule has 0 bridgehead atoms. The summed E-state index contributed by atoms with van der Waals surface area (Å²) in [6.45, 7) is 3.42. The van der Waals surface area contributed by atoms with Crippen molar-refractivity contribution in [3.63, 3.8) is 0 Å². The molecule has 0 radical (unpaired) electrons. The van der Waals surface area contributed by atoms with Gasteiger partial charge in [0.1, 0.15) is 0 Å². The zero-order valence-corrected chi connectivity index (χ0v) is 12.3. The van der Waals surface area contributed by atoms with E-state index in [0.29, 0.717) is 6.54 Å². The van der Waals surface area contributed by atoms with Gasteiger partial charge in [-0.25, -0.2) is 0 Å². The minimum Gasteiger partial charge on any atom is -0.481 e. The highest BCUT2D eigenvalue weighted by molar-refractivity contribution is 5.86. The summed E-state index contributed by atoms with van der Waals surface area (Å²) in [5.41, 5.74) is 5.60. The lowest BCUT2D eigenvalue weighted by atomic mass is 9.84. The number of nitrogens with zero attached hydrogens (tertiary/aromatic N) is 1. The fourth-order valence-corrected chi connectivity index (χ4v) is 3.64. The van der Waals surface area contributed by atoms with E-state index in [1.165, 1.54) is 0 Å². The lowest BCUT2D eigenvalue weighted by Gasteiger charge is -2.39. The van der Waals surface area contributed by atoms with Crippen LogP contribution in [0.1, 0.15) is 51.9 Å². The van der Waals surface area contributed by atoms with E-state index >= 15 is 0 Å². The van der Waals surface area contributed by atoms with Crippen LogP contribution >= 0.6 is 0 Å². The Morgan fingerprint density at radius 1 is 1.35 bits per heavy atom. The number of likely N-dealkylation sites (tertiary alicyclic amines) is 1. The van der Waals surface area contributed by atoms with Crippen molar-refractivity contribution >= 4 is 11.9 Å². The van der Waals surface area contributed by atoms with Crippen LogP contribution in [0.3, 0.4) is 0 Å². The molecule has 5 nitrogen and oxygen atoms in total. The number of aliphatic carboxylic acids is 1. The Hall–Kier alpha value is -1.10. The maximum atomic E-state index is 12.6. The van der Waals surface area contributed by atoms with E-state index in [2.05, 4.69) is 0 Å². The van der Waals surface area contributed by atoms with Gasteiger partial charge in [0.15, 0.2) is 0 Å². The summed E-state index contributed by atoms with van der Waals surface area (Å²) in [6.07, 6.45) is 5.80. The molecule has 0 aromatic heterocycles. The number of piperidine rings is 1. The monoisotopic (exact) mass is 282 g/mol. The molecule has 2 unspecified atom stereocenters. The molecule has 2 atom stereocenters. The number of rotatable bonds is 4. The second-order valence-electron chi connectivity index (χ2n) is 6.59. The minimum atomic E-state index is -0.757. The second-order valence-corrected chi connectivity index (χ2v) is 6.59. The molecule has 114 valence electrons. The molecule has 2 fully saturated rings. The van der Waals surface area contributed by atoms with E-state index in [1.807, 2.05) is 11.8 Å². The van der Waals surface area contributed by atoms with Crippen LogP contribution in [0.15, 0.2) is 0 Å². The molecule has 0 spiro atoms. The molecule has 0 aromatic rings. The van der Waals surface area contributed by atoms with Crippen molar-refractivity contribution < 1.29 is 14.7 Å². The Bertz CT molecular complexity index is 377. The molecule has 3 N–H and O–H groups in total. The summed E-state index contributed by atoms with van der Waals surface area (Å²) in [5, 5.41) is 8.90. The van der Waals surface area contributed by atoms with Gasteiger partial charge in [-0.1, -0.05) is 19.8 Å². The van der Waals surface area contributed by atoms with Crippen molar-refractivity contribution in [3.05, 3.63) is 0 Å². The maximum absolute atomic E-state index is 12.6. The van der Waals surface area contributed by atoms with Gasteiger partial charge >= 0.3 is 5.97 Å². The highest BCUT2D eigenvalue weighted by Crippen LogP contribution is 2.32. The predicted octanol–water partition coefficient (Wildman–Crippen LogP) is 1.61. The number of carboxylic acid groups (broad SMARTS) is 1. The summed E-state index contributed by atoms with van der Waals surface area (Å²) in [6, 6.07) is 0. The molecular weight excluding hydrogens is 256 g/mol. The SMILES string of the molecule is CC(CC(=O)O)C1CCCN(C(=O)C2(N)CCCC2)C1. The highest BCUT2D eigenvalue weighted by atomic mass is 16.4. The zero-order valence-electron chi connectivity index (χ0n) is 12.3. The van der Waals surface area contributed by atoms with E-state index in [4.69, 9.17) is 10.8 Å². The van der Waals surface area contributed by atoms with E-state index < -0.39 is 11.5 Å². The third-order valence-corrected chi connectivity index (χ3v) is 4.97. The van der Waals surface area contributed by atoms with Crippen LogP contribution in [0.2, 0.25) is 0 Å². The molecule has 1 aliphatic heterocycles. The van der Waals surface area contributed by atoms with Gasteiger partial charge in [0.2, 0.25) is 5.91 Å². The lowest BCUT2D eigenvalue weighted by Crippen LogP contribution is -2.56. The molecule has 1 aliphatic carbocycles. The van der Waals surface area contributed by atoms with Crippen molar-refractivity contribution in [2.45, 2.75) is 57.4 Å². The van der Waals surface area contributed by atoms with Crippen molar-refractivity contribution in [2.75, 3.05) is 13.1 Å². The largest absolute Gasteiger partial charge is 0.481 e. The molecule has 5 heteroatoms. The quantitative estimate of drug-likeness (QED) is 0.820. The number of hydrogen-bond acceptors (Lipinski definition) is 3. The van der Waals surface area contributed by atoms with Gasteiger partial charge in [0, 0.05) is 19.5 Å². The summed E-state index contributed by atoms with van der Waals surface area (Å²) >= 11 is 0. The summed E-state index contributed by atoms with van der Waals surface area (Å²) in [7, 11) is 0. The minimum absolute atomic E-state index is 0.0854. The van der Waals surface area contributed by atoms with Gasteiger partial charge in [-0.2, -0.15) is 0 Å². The Morgan fingerprint density at radius 2 is 2.00 bits per heavy atom. The zero-order chi connectivity index (χ0) is 14.8. The third-order valence-electron chi connectivity index (χ3n) is 4.97. The van der Waals surface area contributed by atoms with Gasteiger partial charge in [-0.15, -0.1) is 0 Å². The third kappa shape index (κ3) is 3.32. The van der Waals surface area contributed by atoms with E-state index in [9.17, 15) is 9.59 Å². The molecular formula is C15H26N2O3. The summed E-state index contributed by atoms with van der Waals surface area (Å²) in [4.78, 5) is 25.3. The molecule has 0 aromatic carbocycles. The number of amides is 1. The van der Waals surface area contributed by atoms with Crippen molar-refractivity contribution in [2.24, 2.45) is 17.6 Å². The summed E-state index contributed by atoms with van der Waals surface area (Å²) in [5.74, 6) is -0.275. The predicted molar refractivity (Wildman–Crippen MR) is 76.1 cm³/mol. The Morgan fingerprint density at radius 3 is 2.60 bits per heavy atom. The average Bonchev–Trinajstić information content (AvgIpc) is 2.85. The van der Waals surface area contributed by atoms with Gasteiger partial charge in [-0.05, 0) is 37.5 Å². The van der Waals surface area contributed by atoms with Gasteiger partial charge in [0.25, 0.3) is 0 Å². The lowest BCUT2D eigenvalue weighted by molar-refractivity contribution is -0.140. The molecule has 20 heavy (non-hydrogen) atoms. The number of nitrogens with two attached hydrogens (primary N) is 1. The molecule has 1 saturated carbocycles. The van der Waals surface area contributed by atoms with Crippen molar-refractivity contribution in [1.29, 1.82) is 0 Å². The Kier molecular flexibility index (Phi) is 4.68. The standard InChI is InChI=1S/C15H26N2O3/c1-11(9-13(18)19)12-5-4-8-17(10-12)14(20)15(16)6-2-3-7-15/h11-12H,2-10,16H2,1H3,(H,18,19). The number of carbonyl (C=O) groups is 2.